The molecule has 0 radical (unpaired) electrons. The number of carbonyl (C=O) groups excluding carboxylic acids is 1. The minimum absolute atomic E-state index is 0.00446. The Balaban J connectivity index is 2.60. The van der Waals surface area contributed by atoms with Gasteiger partial charge in [-0.25, -0.2) is 4.98 Å². The van der Waals surface area contributed by atoms with Gasteiger partial charge in [-0.2, -0.15) is 4.98 Å². The highest BCUT2D eigenvalue weighted by atomic mass is 32.1. The van der Waals surface area contributed by atoms with Crippen molar-refractivity contribution < 1.29 is 14.3 Å². The number of ether oxygens (including phenoxy) is 2. The maximum Gasteiger partial charge on any atom is 0.325 e. The summed E-state index contributed by atoms with van der Waals surface area (Å²) < 4.78 is 11.6. The molecule has 0 atom stereocenters. The van der Waals surface area contributed by atoms with Gasteiger partial charge in [0.1, 0.15) is 18.4 Å². The number of H-pyrrole nitrogens is 1. The molecule has 0 saturated heterocycles. The number of hydrogen-bond acceptors (Lipinski definition) is 6. The molecule has 0 fully saturated rings. The molecule has 7 nitrogen and oxygen atoms in total. The molecule has 17 heavy (non-hydrogen) atoms. The lowest BCUT2D eigenvalue weighted by Gasteiger charge is -2.02. The number of nitrogens with one attached hydrogen (secondary N) is 1. The smallest absolute Gasteiger partial charge is 0.325 e. The average molecular weight is 254 g/mol. The van der Waals surface area contributed by atoms with Crippen molar-refractivity contribution in [2.45, 2.75) is 6.54 Å². The molecule has 2 aromatic rings. The normalized spacial score (nSPS) is 10.5. The molecule has 0 spiro atoms. The minimum Gasteiger partial charge on any atom is -0.479 e. The van der Waals surface area contributed by atoms with E-state index in [2.05, 4.69) is 19.7 Å². The number of hydrogen-bond donors (Lipinski definition) is 1. The summed E-state index contributed by atoms with van der Waals surface area (Å²) >= 11 is 5.10. The van der Waals surface area contributed by atoms with E-state index in [0.29, 0.717) is 21.8 Å². The number of fused-ring (bicyclic) bond motifs is 1. The van der Waals surface area contributed by atoms with Crippen LogP contribution >= 0.6 is 12.2 Å². The van der Waals surface area contributed by atoms with Crippen LogP contribution < -0.4 is 4.74 Å². The van der Waals surface area contributed by atoms with Crippen LogP contribution in [0.1, 0.15) is 0 Å². The van der Waals surface area contributed by atoms with Crippen LogP contribution in [0.2, 0.25) is 0 Å². The Bertz CT molecular complexity index is 618. The Morgan fingerprint density at radius 3 is 2.94 bits per heavy atom. The van der Waals surface area contributed by atoms with Gasteiger partial charge in [0.05, 0.1) is 14.2 Å². The van der Waals surface area contributed by atoms with Crippen molar-refractivity contribution in [1.82, 2.24) is 19.5 Å². The highest BCUT2D eigenvalue weighted by Gasteiger charge is 2.13. The lowest BCUT2D eigenvalue weighted by atomic mass is 10.5. The van der Waals surface area contributed by atoms with Crippen LogP contribution in [0.3, 0.4) is 0 Å². The second-order valence-electron chi connectivity index (χ2n) is 3.17. The Kier molecular flexibility index (Phi) is 3.05. The summed E-state index contributed by atoms with van der Waals surface area (Å²) in [6.07, 6.45) is 1.34. The van der Waals surface area contributed by atoms with Crippen molar-refractivity contribution >= 4 is 29.4 Å². The van der Waals surface area contributed by atoms with E-state index in [1.165, 1.54) is 25.1 Å². The van der Waals surface area contributed by atoms with Crippen LogP contribution in [0.4, 0.5) is 0 Å². The number of methoxy groups -OCH3 is 2. The second-order valence-corrected chi connectivity index (χ2v) is 3.56. The fraction of sp³-hybridized carbons (Fsp3) is 0.333. The first-order chi connectivity index (χ1) is 8.17. The van der Waals surface area contributed by atoms with Gasteiger partial charge in [-0.15, -0.1) is 0 Å². The Labute approximate surface area is 101 Å². The van der Waals surface area contributed by atoms with Gasteiger partial charge < -0.3 is 14.5 Å². The highest BCUT2D eigenvalue weighted by molar-refractivity contribution is 7.71. The molecule has 0 aliphatic rings. The topological polar surface area (TPSA) is 82.0 Å². The molecule has 0 saturated carbocycles. The van der Waals surface area contributed by atoms with Crippen LogP contribution in [0.15, 0.2) is 6.33 Å². The number of carbonyl (C=O) groups is 1. The molecule has 0 amide bonds. The van der Waals surface area contributed by atoms with E-state index in [0.717, 1.165) is 0 Å². The number of esters is 1. The number of imidazole rings is 1. The van der Waals surface area contributed by atoms with Crippen molar-refractivity contribution in [2.24, 2.45) is 0 Å². The summed E-state index contributed by atoms with van der Waals surface area (Å²) in [4.78, 5) is 22.2. The van der Waals surface area contributed by atoms with Gasteiger partial charge in [-0.05, 0) is 12.2 Å². The van der Waals surface area contributed by atoms with E-state index in [-0.39, 0.29) is 6.54 Å². The van der Waals surface area contributed by atoms with Crippen LogP contribution in [-0.2, 0) is 16.1 Å². The lowest BCUT2D eigenvalue weighted by Crippen LogP contribution is -2.12. The van der Waals surface area contributed by atoms with Gasteiger partial charge in [0.2, 0.25) is 5.88 Å². The summed E-state index contributed by atoms with van der Waals surface area (Å²) in [6.45, 7) is -0.00446. The van der Waals surface area contributed by atoms with Crippen LogP contribution in [-0.4, -0.2) is 39.7 Å². The summed E-state index contributed by atoms with van der Waals surface area (Å²) in [7, 11) is 2.81. The monoisotopic (exact) mass is 254 g/mol. The predicted octanol–water partition coefficient (Wildman–Crippen LogP) is 0.670. The molecule has 0 aliphatic carbocycles. The molecule has 0 bridgehead atoms. The first-order valence-corrected chi connectivity index (χ1v) is 5.12. The van der Waals surface area contributed by atoms with E-state index >= 15 is 0 Å². The summed E-state index contributed by atoms with van der Waals surface area (Å²) in [5, 5.41) is 0. The van der Waals surface area contributed by atoms with Gasteiger partial charge in [0.25, 0.3) is 0 Å². The summed E-state index contributed by atoms with van der Waals surface area (Å²) in [6, 6.07) is 0. The van der Waals surface area contributed by atoms with E-state index in [9.17, 15) is 4.79 Å². The third-order valence-electron chi connectivity index (χ3n) is 2.23. The number of aromatic nitrogens is 4. The Morgan fingerprint density at radius 1 is 1.53 bits per heavy atom. The maximum atomic E-state index is 11.3. The first kappa shape index (κ1) is 11.5. The van der Waals surface area contributed by atoms with E-state index in [1.54, 1.807) is 0 Å². The van der Waals surface area contributed by atoms with Crippen LogP contribution in [0, 0.1) is 4.77 Å². The summed E-state index contributed by atoms with van der Waals surface area (Å²) in [5.41, 5.74) is 1.07. The molecule has 1 N–H and O–H groups in total. The van der Waals surface area contributed by atoms with Gasteiger partial charge >= 0.3 is 5.97 Å². The summed E-state index contributed by atoms with van der Waals surface area (Å²) in [5.74, 6) is -0.0238. The minimum atomic E-state index is -0.403. The fourth-order valence-corrected chi connectivity index (χ4v) is 1.69. The van der Waals surface area contributed by atoms with E-state index < -0.39 is 5.97 Å². The second kappa shape index (κ2) is 4.50. The Morgan fingerprint density at radius 2 is 2.29 bits per heavy atom. The van der Waals surface area contributed by atoms with E-state index in [1.807, 2.05) is 0 Å². The largest absolute Gasteiger partial charge is 0.479 e. The molecule has 8 heteroatoms. The van der Waals surface area contributed by atoms with Crippen molar-refractivity contribution in [3.05, 3.63) is 11.1 Å². The molecule has 2 aromatic heterocycles. The number of aromatic amines is 1. The first-order valence-electron chi connectivity index (χ1n) is 4.71. The number of nitrogens with zero attached hydrogens (tertiary/aromatic N) is 3. The zero-order chi connectivity index (χ0) is 12.4. The number of rotatable bonds is 3. The van der Waals surface area contributed by atoms with Crippen LogP contribution in [0.25, 0.3) is 11.2 Å². The quantitative estimate of drug-likeness (QED) is 0.640. The van der Waals surface area contributed by atoms with Crippen LogP contribution in [0.5, 0.6) is 5.88 Å². The Hall–Kier alpha value is -1.96. The van der Waals surface area contributed by atoms with Gasteiger partial charge in [0.15, 0.2) is 10.4 Å². The third kappa shape index (κ3) is 1.98. The molecule has 2 heterocycles. The zero-order valence-electron chi connectivity index (χ0n) is 9.26. The fourth-order valence-electron chi connectivity index (χ4n) is 1.44. The standard InChI is InChI=1S/C9H10N4O3S/c1-15-5(14)3-13-7-6(12-9(13)17)8(16-2)11-4-10-7/h4H,3H2,1-2H3,(H,12,17). The average Bonchev–Trinajstić information content (AvgIpc) is 2.66. The molecule has 0 aliphatic heterocycles. The van der Waals surface area contributed by atoms with E-state index in [4.69, 9.17) is 17.0 Å². The van der Waals surface area contributed by atoms with Gasteiger partial charge in [0, 0.05) is 0 Å². The third-order valence-corrected chi connectivity index (χ3v) is 2.56. The van der Waals surface area contributed by atoms with Crippen molar-refractivity contribution in [2.75, 3.05) is 14.2 Å². The van der Waals surface area contributed by atoms with Gasteiger partial charge in [-0.3, -0.25) is 9.36 Å². The molecule has 0 aromatic carbocycles. The van der Waals surface area contributed by atoms with Gasteiger partial charge in [-0.1, -0.05) is 0 Å². The molecule has 2 rings (SSSR count). The van der Waals surface area contributed by atoms with Crippen molar-refractivity contribution in [3.63, 3.8) is 0 Å². The molecular formula is C9H10N4O3S. The lowest BCUT2D eigenvalue weighted by molar-refractivity contribution is -0.141. The maximum absolute atomic E-state index is 11.3. The predicted molar refractivity (Wildman–Crippen MR) is 61.3 cm³/mol. The molecule has 0 unspecified atom stereocenters. The molecular weight excluding hydrogens is 244 g/mol. The SMILES string of the molecule is COC(=O)Cn1c(=S)[nH]c2c(OC)ncnc21. The van der Waals surface area contributed by atoms with Crippen molar-refractivity contribution in [1.29, 1.82) is 0 Å². The van der Waals surface area contributed by atoms with Crippen molar-refractivity contribution in [3.8, 4) is 5.88 Å². The zero-order valence-corrected chi connectivity index (χ0v) is 10.1. The highest BCUT2D eigenvalue weighted by Crippen LogP contribution is 2.19. The molecule has 90 valence electrons.